The second-order valence-corrected chi connectivity index (χ2v) is 8.52. The van der Waals surface area contributed by atoms with Crippen molar-refractivity contribution in [1.29, 1.82) is 0 Å². The van der Waals surface area contributed by atoms with E-state index in [0.29, 0.717) is 24.2 Å². The van der Waals surface area contributed by atoms with Crippen LogP contribution in [0.1, 0.15) is 28.2 Å². The van der Waals surface area contributed by atoms with Crippen LogP contribution in [0.5, 0.6) is 5.75 Å². The van der Waals surface area contributed by atoms with Gasteiger partial charge in [0.15, 0.2) is 5.16 Å². The molecule has 0 amide bonds. The van der Waals surface area contributed by atoms with Crippen LogP contribution in [0.3, 0.4) is 0 Å². The predicted octanol–water partition coefficient (Wildman–Crippen LogP) is 3.51. The first kappa shape index (κ1) is 21.1. The molecule has 0 aliphatic rings. The maximum absolute atomic E-state index is 13.0. The predicted molar refractivity (Wildman–Crippen MR) is 122 cm³/mol. The summed E-state index contributed by atoms with van der Waals surface area (Å²) in [5.41, 5.74) is 4.08. The Balaban J connectivity index is 1.46. The first-order valence-corrected chi connectivity index (χ1v) is 11.1. The zero-order chi connectivity index (χ0) is 22.0. The number of aromatic nitrogens is 5. The molecule has 160 valence electrons. The summed E-state index contributed by atoms with van der Waals surface area (Å²) in [5.74, 6) is 2.38. The standard InChI is InChI=1S/C23H25N5O2S/c1-15-8-5-6-10-19(15)30-12-13-31-23-26-25-20(27(23)4)14-18-17(3)24-21-16(2)9-7-11-28(21)22(18)29/h5-11H,12-14H2,1-4H3. The Morgan fingerprint density at radius 3 is 2.61 bits per heavy atom. The minimum absolute atomic E-state index is 0.0602. The molecule has 8 heteroatoms. The van der Waals surface area contributed by atoms with Crippen LogP contribution in [0.4, 0.5) is 0 Å². The number of pyridine rings is 1. The van der Waals surface area contributed by atoms with Crippen molar-refractivity contribution in [1.82, 2.24) is 24.1 Å². The largest absolute Gasteiger partial charge is 0.492 e. The highest BCUT2D eigenvalue weighted by Crippen LogP contribution is 2.20. The van der Waals surface area contributed by atoms with Gasteiger partial charge in [-0.1, -0.05) is 36.0 Å². The Hall–Kier alpha value is -3.13. The molecule has 0 radical (unpaired) electrons. The summed E-state index contributed by atoms with van der Waals surface area (Å²) >= 11 is 1.58. The molecule has 0 N–H and O–H groups in total. The van der Waals surface area contributed by atoms with Crippen molar-refractivity contribution >= 4 is 17.4 Å². The van der Waals surface area contributed by atoms with E-state index in [9.17, 15) is 4.79 Å². The summed E-state index contributed by atoms with van der Waals surface area (Å²) in [6, 6.07) is 11.8. The molecule has 0 spiro atoms. The number of benzene rings is 1. The minimum Gasteiger partial charge on any atom is -0.492 e. The zero-order valence-corrected chi connectivity index (χ0v) is 18.9. The van der Waals surface area contributed by atoms with Gasteiger partial charge in [0.25, 0.3) is 5.56 Å². The van der Waals surface area contributed by atoms with Gasteiger partial charge in [-0.15, -0.1) is 10.2 Å². The van der Waals surface area contributed by atoms with Crippen molar-refractivity contribution in [3.8, 4) is 5.75 Å². The summed E-state index contributed by atoms with van der Waals surface area (Å²) in [5, 5.41) is 9.42. The number of hydrogen-bond donors (Lipinski definition) is 0. The number of nitrogens with zero attached hydrogens (tertiary/aromatic N) is 5. The van der Waals surface area contributed by atoms with Gasteiger partial charge in [-0.3, -0.25) is 9.20 Å². The van der Waals surface area contributed by atoms with Crippen LogP contribution in [0.15, 0.2) is 52.5 Å². The number of para-hydroxylation sites is 1. The zero-order valence-electron chi connectivity index (χ0n) is 18.1. The van der Waals surface area contributed by atoms with Crippen LogP contribution in [-0.2, 0) is 13.5 Å². The highest BCUT2D eigenvalue weighted by atomic mass is 32.2. The van der Waals surface area contributed by atoms with Crippen molar-refractivity contribution in [2.45, 2.75) is 32.3 Å². The van der Waals surface area contributed by atoms with Gasteiger partial charge >= 0.3 is 0 Å². The Morgan fingerprint density at radius 1 is 1.03 bits per heavy atom. The third kappa shape index (κ3) is 4.34. The Bertz CT molecular complexity index is 1300. The summed E-state index contributed by atoms with van der Waals surface area (Å²) < 4.78 is 9.39. The second kappa shape index (κ2) is 8.93. The van der Waals surface area contributed by atoms with Gasteiger partial charge < -0.3 is 9.30 Å². The first-order chi connectivity index (χ1) is 15.0. The lowest BCUT2D eigenvalue weighted by atomic mass is 10.1. The number of fused-ring (bicyclic) bond motifs is 1. The van der Waals surface area contributed by atoms with Crippen LogP contribution < -0.4 is 10.3 Å². The molecule has 1 aromatic carbocycles. The van der Waals surface area contributed by atoms with Crippen molar-refractivity contribution in [3.63, 3.8) is 0 Å². The van der Waals surface area contributed by atoms with Crippen LogP contribution in [-0.4, -0.2) is 36.5 Å². The molecule has 0 bridgehead atoms. The number of hydrogen-bond acceptors (Lipinski definition) is 6. The minimum atomic E-state index is -0.0602. The summed E-state index contributed by atoms with van der Waals surface area (Å²) in [7, 11) is 1.92. The molecule has 4 aromatic rings. The van der Waals surface area contributed by atoms with Crippen LogP contribution in [0.25, 0.3) is 5.65 Å². The molecule has 4 rings (SSSR count). The Kier molecular flexibility index (Phi) is 6.08. The maximum atomic E-state index is 13.0. The van der Waals surface area contributed by atoms with E-state index < -0.39 is 0 Å². The second-order valence-electron chi connectivity index (χ2n) is 7.46. The fourth-order valence-corrected chi connectivity index (χ4v) is 4.18. The van der Waals surface area contributed by atoms with Crippen LogP contribution in [0.2, 0.25) is 0 Å². The highest BCUT2D eigenvalue weighted by molar-refractivity contribution is 7.99. The molecular formula is C23H25N5O2S. The molecular weight excluding hydrogens is 410 g/mol. The molecule has 31 heavy (non-hydrogen) atoms. The van der Waals surface area contributed by atoms with Crippen LogP contribution in [0, 0.1) is 20.8 Å². The number of aryl methyl sites for hydroxylation is 3. The van der Waals surface area contributed by atoms with E-state index in [4.69, 9.17) is 4.74 Å². The summed E-state index contributed by atoms with van der Waals surface area (Å²) in [6.07, 6.45) is 2.14. The Morgan fingerprint density at radius 2 is 1.81 bits per heavy atom. The SMILES string of the molecule is Cc1ccccc1OCCSc1nnc(Cc2c(C)nc3c(C)cccn3c2=O)n1C. The average Bonchev–Trinajstić information content (AvgIpc) is 3.10. The fourth-order valence-electron chi connectivity index (χ4n) is 3.43. The number of rotatable bonds is 7. The van der Waals surface area contributed by atoms with Gasteiger partial charge in [0.2, 0.25) is 0 Å². The molecule has 7 nitrogen and oxygen atoms in total. The normalized spacial score (nSPS) is 11.2. The van der Waals surface area contributed by atoms with E-state index in [1.54, 1.807) is 22.4 Å². The van der Waals surface area contributed by atoms with Gasteiger partial charge in [0.1, 0.15) is 17.2 Å². The summed E-state index contributed by atoms with van der Waals surface area (Å²) in [6.45, 7) is 6.44. The fraction of sp³-hybridized carbons (Fsp3) is 0.304. The van der Waals surface area contributed by atoms with Crippen molar-refractivity contribution in [3.05, 3.63) is 81.2 Å². The van der Waals surface area contributed by atoms with E-state index in [1.807, 2.05) is 68.8 Å². The lowest BCUT2D eigenvalue weighted by Gasteiger charge is -2.10. The van der Waals surface area contributed by atoms with Crippen LogP contribution >= 0.6 is 11.8 Å². The monoisotopic (exact) mass is 435 g/mol. The average molecular weight is 436 g/mol. The van der Waals surface area contributed by atoms with Crippen molar-refractivity contribution in [2.75, 3.05) is 12.4 Å². The van der Waals surface area contributed by atoms with Gasteiger partial charge in [-0.2, -0.15) is 0 Å². The smallest absolute Gasteiger partial charge is 0.261 e. The topological polar surface area (TPSA) is 74.3 Å². The van der Waals surface area contributed by atoms with Gasteiger partial charge in [-0.05, 0) is 44.0 Å². The molecule has 0 saturated heterocycles. The third-order valence-electron chi connectivity index (χ3n) is 5.28. The molecule has 3 aromatic heterocycles. The first-order valence-electron chi connectivity index (χ1n) is 10.1. The van der Waals surface area contributed by atoms with Gasteiger partial charge in [0, 0.05) is 36.7 Å². The number of thioether (sulfide) groups is 1. The molecule has 0 fully saturated rings. The molecule has 0 aliphatic carbocycles. The summed E-state index contributed by atoms with van der Waals surface area (Å²) in [4.78, 5) is 17.7. The van der Waals surface area contributed by atoms with E-state index in [-0.39, 0.29) is 5.56 Å². The van der Waals surface area contributed by atoms with Crippen molar-refractivity contribution in [2.24, 2.45) is 7.05 Å². The lowest BCUT2D eigenvalue weighted by Crippen LogP contribution is -2.23. The molecule has 3 heterocycles. The quantitative estimate of drug-likeness (QED) is 0.327. The highest BCUT2D eigenvalue weighted by Gasteiger charge is 2.16. The Labute approximate surface area is 185 Å². The molecule has 0 aliphatic heterocycles. The molecule has 0 unspecified atom stereocenters. The third-order valence-corrected chi connectivity index (χ3v) is 6.26. The van der Waals surface area contributed by atoms with E-state index in [1.165, 1.54) is 0 Å². The number of ether oxygens (including phenoxy) is 1. The molecule has 0 saturated carbocycles. The lowest BCUT2D eigenvalue weighted by molar-refractivity contribution is 0.341. The van der Waals surface area contributed by atoms with E-state index in [2.05, 4.69) is 15.2 Å². The van der Waals surface area contributed by atoms with E-state index in [0.717, 1.165) is 39.3 Å². The van der Waals surface area contributed by atoms with Crippen molar-refractivity contribution < 1.29 is 4.74 Å². The maximum Gasteiger partial charge on any atom is 0.261 e. The van der Waals surface area contributed by atoms with E-state index >= 15 is 0 Å². The molecule has 0 atom stereocenters. The van der Waals surface area contributed by atoms with Gasteiger partial charge in [0.05, 0.1) is 6.61 Å². The van der Waals surface area contributed by atoms with Gasteiger partial charge in [-0.25, -0.2) is 4.98 Å².